The molecule has 2 aromatic carbocycles. The first kappa shape index (κ1) is 19.9. The molecule has 3 heterocycles. The highest BCUT2D eigenvalue weighted by molar-refractivity contribution is 5.81. The first-order valence-electron chi connectivity index (χ1n) is 11.0. The van der Waals surface area contributed by atoms with Gasteiger partial charge in [0.2, 0.25) is 0 Å². The van der Waals surface area contributed by atoms with Crippen LogP contribution in [0, 0.1) is 0 Å². The minimum atomic E-state index is -0.380. The molecule has 0 saturated carbocycles. The summed E-state index contributed by atoms with van der Waals surface area (Å²) in [6.45, 7) is 2.73. The zero-order valence-electron chi connectivity index (χ0n) is 17.5. The minimum Gasteiger partial charge on any atom is -0.486 e. The molecule has 1 unspecified atom stereocenters. The molecule has 3 N–H and O–H groups in total. The number of amides is 2. The van der Waals surface area contributed by atoms with Crippen molar-refractivity contribution in [2.75, 3.05) is 26.3 Å². The highest BCUT2D eigenvalue weighted by Gasteiger charge is 2.38. The van der Waals surface area contributed by atoms with Crippen molar-refractivity contribution >= 4 is 11.8 Å². The zero-order chi connectivity index (χ0) is 21.4. The Bertz CT molecular complexity index is 1010. The Morgan fingerprint density at radius 3 is 2.65 bits per heavy atom. The third-order valence-corrected chi connectivity index (χ3v) is 6.70. The van der Waals surface area contributed by atoms with E-state index in [0.717, 1.165) is 46.9 Å². The summed E-state index contributed by atoms with van der Waals surface area (Å²) in [4.78, 5) is 28.4. The van der Waals surface area contributed by atoms with E-state index in [1.54, 1.807) is 0 Å². The van der Waals surface area contributed by atoms with Crippen molar-refractivity contribution in [3.05, 3.63) is 59.2 Å². The van der Waals surface area contributed by atoms with Crippen LogP contribution in [0.2, 0.25) is 0 Å². The smallest absolute Gasteiger partial charge is 0.278 e. The van der Waals surface area contributed by atoms with Gasteiger partial charge in [0.25, 0.3) is 11.8 Å². The first-order chi connectivity index (χ1) is 15.1. The predicted octanol–water partition coefficient (Wildman–Crippen LogP) is 0.616. The van der Waals surface area contributed by atoms with Crippen LogP contribution in [0.1, 0.15) is 35.6 Å². The van der Waals surface area contributed by atoms with Crippen LogP contribution >= 0.6 is 0 Å². The van der Waals surface area contributed by atoms with E-state index in [1.807, 2.05) is 41.3 Å². The topological polar surface area (TPSA) is 86.3 Å². The Balaban J connectivity index is 1.34. The van der Waals surface area contributed by atoms with Crippen molar-refractivity contribution in [3.8, 4) is 11.5 Å². The van der Waals surface area contributed by atoms with Gasteiger partial charge >= 0.3 is 0 Å². The molecule has 3 aliphatic heterocycles. The second kappa shape index (κ2) is 8.23. The first-order valence-corrected chi connectivity index (χ1v) is 11.0. The van der Waals surface area contributed by atoms with Crippen molar-refractivity contribution < 1.29 is 24.0 Å². The van der Waals surface area contributed by atoms with Gasteiger partial charge in [-0.15, -0.1) is 0 Å². The van der Waals surface area contributed by atoms with Crippen LogP contribution in [0.5, 0.6) is 11.5 Å². The summed E-state index contributed by atoms with van der Waals surface area (Å²) in [5.74, 6) is 1.22. The number of nitrogens with zero attached hydrogens (tertiary/aromatic N) is 1. The van der Waals surface area contributed by atoms with Gasteiger partial charge in [-0.1, -0.05) is 30.3 Å². The maximum Gasteiger partial charge on any atom is 0.278 e. The van der Waals surface area contributed by atoms with Crippen LogP contribution in [0.25, 0.3) is 0 Å². The molecule has 0 bridgehead atoms. The molecule has 1 saturated heterocycles. The standard InChI is InChI=1S/C24H27N3O4/c25-24(29)20-12-16-4-1-2-5-18(16)14-26(20)15-23(28)27-9-3-6-19(27)17-7-8-21-22(13-17)31-11-10-30-21/h1-2,4-5,7-8,13,19-20H,3,6,9-12,14-15H2,(H2,25,29)/p+1/t19-,20-/m0/s1. The lowest BCUT2D eigenvalue weighted by atomic mass is 9.93. The van der Waals surface area contributed by atoms with Crippen LogP contribution in [-0.4, -0.2) is 49.1 Å². The number of likely N-dealkylation sites (tertiary alicyclic amines) is 1. The lowest BCUT2D eigenvalue weighted by Gasteiger charge is -2.33. The lowest BCUT2D eigenvalue weighted by molar-refractivity contribution is -0.924. The van der Waals surface area contributed by atoms with Gasteiger partial charge in [-0.3, -0.25) is 9.59 Å². The van der Waals surface area contributed by atoms with Gasteiger partial charge in [0, 0.05) is 18.5 Å². The number of nitrogens with one attached hydrogen (secondary N) is 1. The van der Waals surface area contributed by atoms with Crippen molar-refractivity contribution in [1.29, 1.82) is 0 Å². The lowest BCUT2D eigenvalue weighted by Crippen LogP contribution is -3.18. The molecule has 7 nitrogen and oxygen atoms in total. The zero-order valence-corrected chi connectivity index (χ0v) is 17.5. The highest BCUT2D eigenvalue weighted by atomic mass is 16.6. The number of primary amides is 1. The van der Waals surface area contributed by atoms with E-state index in [0.29, 0.717) is 26.2 Å². The molecule has 162 valence electrons. The van der Waals surface area contributed by atoms with E-state index >= 15 is 0 Å². The average Bonchev–Trinajstić information content (AvgIpc) is 3.28. The van der Waals surface area contributed by atoms with Crippen LogP contribution in [0.3, 0.4) is 0 Å². The molecule has 0 spiro atoms. The molecule has 31 heavy (non-hydrogen) atoms. The van der Waals surface area contributed by atoms with E-state index in [-0.39, 0.29) is 30.4 Å². The van der Waals surface area contributed by atoms with E-state index in [9.17, 15) is 9.59 Å². The van der Waals surface area contributed by atoms with E-state index < -0.39 is 0 Å². The number of benzene rings is 2. The number of ether oxygens (including phenoxy) is 2. The molecule has 0 aromatic heterocycles. The molecule has 1 fully saturated rings. The van der Waals surface area contributed by atoms with Gasteiger partial charge in [0.05, 0.1) is 6.04 Å². The summed E-state index contributed by atoms with van der Waals surface area (Å²) in [5.41, 5.74) is 9.12. The summed E-state index contributed by atoms with van der Waals surface area (Å²) in [6, 6.07) is 13.7. The number of rotatable bonds is 4. The molecule has 3 aliphatic rings. The maximum absolute atomic E-state index is 13.4. The molecule has 0 radical (unpaired) electrons. The van der Waals surface area contributed by atoms with Crippen molar-refractivity contribution in [2.24, 2.45) is 5.73 Å². The van der Waals surface area contributed by atoms with Gasteiger partial charge in [0.1, 0.15) is 19.8 Å². The summed E-state index contributed by atoms with van der Waals surface area (Å²) in [5, 5.41) is 0. The molecule has 5 rings (SSSR count). The van der Waals surface area contributed by atoms with Gasteiger partial charge in [-0.25, -0.2) is 0 Å². The van der Waals surface area contributed by atoms with Crippen LogP contribution in [0.4, 0.5) is 0 Å². The number of carbonyl (C=O) groups excluding carboxylic acids is 2. The minimum absolute atomic E-state index is 0.0202. The second-order valence-electron chi connectivity index (χ2n) is 8.59. The summed E-state index contributed by atoms with van der Waals surface area (Å²) < 4.78 is 11.4. The van der Waals surface area contributed by atoms with Gasteiger partial charge in [-0.05, 0) is 36.1 Å². The van der Waals surface area contributed by atoms with Gasteiger partial charge < -0.3 is 25.0 Å². The number of carbonyl (C=O) groups is 2. The van der Waals surface area contributed by atoms with Crippen LogP contribution in [-0.2, 0) is 22.6 Å². The van der Waals surface area contributed by atoms with Crippen molar-refractivity contribution in [3.63, 3.8) is 0 Å². The highest BCUT2D eigenvalue weighted by Crippen LogP contribution is 2.38. The second-order valence-corrected chi connectivity index (χ2v) is 8.59. The Labute approximate surface area is 181 Å². The molecule has 3 atom stereocenters. The van der Waals surface area contributed by atoms with Crippen LogP contribution < -0.4 is 20.1 Å². The largest absolute Gasteiger partial charge is 0.486 e. The maximum atomic E-state index is 13.4. The van der Waals surface area contributed by atoms with E-state index in [2.05, 4.69) is 6.07 Å². The molecule has 2 aromatic rings. The molecule has 0 aliphatic carbocycles. The van der Waals surface area contributed by atoms with Gasteiger partial charge in [-0.2, -0.15) is 0 Å². The summed E-state index contributed by atoms with van der Waals surface area (Å²) in [7, 11) is 0. The SMILES string of the molecule is NC(=O)[C@@H]1Cc2ccccc2C[NH+]1CC(=O)N1CCC[C@H]1c1ccc2c(c1)OCCO2. The van der Waals surface area contributed by atoms with Crippen LogP contribution in [0.15, 0.2) is 42.5 Å². The number of quaternary nitrogens is 1. The normalized spacial score (nSPS) is 24.5. The summed E-state index contributed by atoms with van der Waals surface area (Å²) >= 11 is 0. The number of hydrogen-bond acceptors (Lipinski definition) is 4. The number of fused-ring (bicyclic) bond motifs is 2. The van der Waals surface area contributed by atoms with E-state index in [1.165, 1.54) is 5.56 Å². The fourth-order valence-corrected chi connectivity index (χ4v) is 5.12. The molecular weight excluding hydrogens is 394 g/mol. The number of hydrogen-bond donors (Lipinski definition) is 2. The van der Waals surface area contributed by atoms with E-state index in [4.69, 9.17) is 15.2 Å². The fourth-order valence-electron chi connectivity index (χ4n) is 5.12. The predicted molar refractivity (Wildman–Crippen MR) is 114 cm³/mol. The Morgan fingerprint density at radius 2 is 1.84 bits per heavy atom. The Morgan fingerprint density at radius 1 is 1.06 bits per heavy atom. The van der Waals surface area contributed by atoms with Crippen molar-refractivity contribution in [2.45, 2.75) is 37.9 Å². The Kier molecular flexibility index (Phi) is 5.28. The number of nitrogens with two attached hydrogens (primary N) is 1. The summed E-state index contributed by atoms with van der Waals surface area (Å²) in [6.07, 6.45) is 2.46. The quantitative estimate of drug-likeness (QED) is 0.756. The van der Waals surface area contributed by atoms with Crippen molar-refractivity contribution in [1.82, 2.24) is 4.90 Å². The fraction of sp³-hybridized carbons (Fsp3) is 0.417. The molecule has 7 heteroatoms. The third-order valence-electron chi connectivity index (χ3n) is 6.70. The molecule has 2 amide bonds. The molecular formula is C24H28N3O4+. The van der Waals surface area contributed by atoms with Gasteiger partial charge in [0.15, 0.2) is 24.1 Å². The average molecular weight is 423 g/mol. The third kappa shape index (κ3) is 3.85. The Hall–Kier alpha value is -3.06. The monoisotopic (exact) mass is 422 g/mol.